The van der Waals surface area contributed by atoms with Gasteiger partial charge in [0, 0.05) is 11.5 Å². The Labute approximate surface area is 133 Å². The van der Waals surface area contributed by atoms with Crippen LogP contribution in [0.2, 0.25) is 0 Å². The molecule has 4 nitrogen and oxygen atoms in total. The molecule has 0 radical (unpaired) electrons. The number of nitriles is 1. The Balaban J connectivity index is 1.82. The van der Waals surface area contributed by atoms with Crippen molar-refractivity contribution >= 4 is 0 Å². The van der Waals surface area contributed by atoms with Crippen molar-refractivity contribution in [3.05, 3.63) is 11.3 Å². The summed E-state index contributed by atoms with van der Waals surface area (Å²) in [6.45, 7) is 10.3. The van der Waals surface area contributed by atoms with E-state index < -0.39 is 0 Å². The van der Waals surface area contributed by atoms with Gasteiger partial charge in [0.25, 0.3) is 0 Å². The van der Waals surface area contributed by atoms with E-state index in [0.717, 1.165) is 32.5 Å². The summed E-state index contributed by atoms with van der Waals surface area (Å²) in [6.07, 6.45) is 4.00. The highest BCUT2D eigenvalue weighted by Gasteiger charge is 2.53. The van der Waals surface area contributed by atoms with Gasteiger partial charge in [0.15, 0.2) is 0 Å². The van der Waals surface area contributed by atoms with Crippen LogP contribution in [-0.4, -0.2) is 29.9 Å². The van der Waals surface area contributed by atoms with Gasteiger partial charge in [-0.15, -0.1) is 0 Å². The summed E-state index contributed by atoms with van der Waals surface area (Å²) in [5.74, 6) is 0.754. The second-order valence-electron chi connectivity index (χ2n) is 8.72. The molecule has 0 aromatic carbocycles. The van der Waals surface area contributed by atoms with E-state index in [1.54, 1.807) is 0 Å². The van der Waals surface area contributed by atoms with Crippen LogP contribution in [-0.2, 0) is 4.74 Å². The first-order chi connectivity index (χ1) is 10.2. The highest BCUT2D eigenvalue weighted by atomic mass is 16.5. The van der Waals surface area contributed by atoms with E-state index in [0.29, 0.717) is 29.7 Å². The molecule has 0 amide bonds. The highest BCUT2D eigenvalue weighted by Crippen LogP contribution is 2.58. The lowest BCUT2D eigenvalue weighted by Crippen LogP contribution is -2.63. The minimum Gasteiger partial charge on any atom is -0.511 e. The molecule has 3 rings (SSSR count). The summed E-state index contributed by atoms with van der Waals surface area (Å²) >= 11 is 0. The van der Waals surface area contributed by atoms with Crippen LogP contribution in [0.15, 0.2) is 11.3 Å². The molecular formula is C18H28N2O2. The molecule has 1 unspecified atom stereocenters. The minimum absolute atomic E-state index is 0.0810. The predicted octanol–water partition coefficient (Wildman–Crippen LogP) is 3.31. The molecule has 0 aromatic heterocycles. The number of nitrogens with one attached hydrogen (secondary N) is 1. The maximum absolute atomic E-state index is 10.5. The zero-order valence-corrected chi connectivity index (χ0v) is 14.2. The topological polar surface area (TPSA) is 65.3 Å². The summed E-state index contributed by atoms with van der Waals surface area (Å²) in [5.41, 5.74) is 0.487. The Morgan fingerprint density at radius 2 is 1.91 bits per heavy atom. The first kappa shape index (κ1) is 15.8. The van der Waals surface area contributed by atoms with E-state index in [2.05, 4.69) is 39.1 Å². The molecule has 1 aliphatic heterocycles. The largest absolute Gasteiger partial charge is 0.511 e. The molecular weight excluding hydrogens is 276 g/mol. The molecule has 2 N–H and O–H groups in total. The van der Waals surface area contributed by atoms with Crippen molar-refractivity contribution in [2.45, 2.75) is 65.0 Å². The number of rotatable bonds is 2. The van der Waals surface area contributed by atoms with Crippen LogP contribution in [0.1, 0.15) is 53.4 Å². The van der Waals surface area contributed by atoms with Crippen LogP contribution in [0.3, 0.4) is 0 Å². The molecule has 3 aliphatic rings. The molecule has 122 valence electrons. The Morgan fingerprint density at radius 3 is 2.45 bits per heavy atom. The molecule has 2 aliphatic carbocycles. The van der Waals surface area contributed by atoms with E-state index in [4.69, 9.17) is 4.74 Å². The lowest BCUT2D eigenvalue weighted by Gasteiger charge is -2.55. The van der Waals surface area contributed by atoms with Crippen molar-refractivity contribution < 1.29 is 9.84 Å². The fourth-order valence-electron chi connectivity index (χ4n) is 5.19. The SMILES string of the molecule is CC1(NC2CC[C@@H]3C(C)(C)C(O)=C(C#N)C[C@@]3(C)C2)COC1. The molecule has 1 saturated heterocycles. The fourth-order valence-corrected chi connectivity index (χ4v) is 5.19. The number of aliphatic hydroxyl groups is 1. The molecule has 0 bridgehead atoms. The van der Waals surface area contributed by atoms with E-state index >= 15 is 0 Å². The maximum Gasteiger partial charge on any atom is 0.112 e. The summed E-state index contributed by atoms with van der Waals surface area (Å²) in [7, 11) is 0. The van der Waals surface area contributed by atoms with Crippen molar-refractivity contribution in [1.82, 2.24) is 5.32 Å². The van der Waals surface area contributed by atoms with Crippen LogP contribution >= 0.6 is 0 Å². The zero-order valence-electron chi connectivity index (χ0n) is 14.2. The average molecular weight is 304 g/mol. The number of ether oxygens (including phenoxy) is 1. The average Bonchev–Trinajstić information content (AvgIpc) is 2.41. The number of nitrogens with zero attached hydrogens (tertiary/aromatic N) is 1. The smallest absolute Gasteiger partial charge is 0.112 e. The van der Waals surface area contributed by atoms with Gasteiger partial charge >= 0.3 is 0 Å². The van der Waals surface area contributed by atoms with E-state index in [1.165, 1.54) is 0 Å². The van der Waals surface area contributed by atoms with Crippen LogP contribution in [0.5, 0.6) is 0 Å². The maximum atomic E-state index is 10.5. The fraction of sp³-hybridized carbons (Fsp3) is 0.833. The van der Waals surface area contributed by atoms with Crippen LogP contribution in [0.4, 0.5) is 0 Å². The van der Waals surface area contributed by atoms with Gasteiger partial charge in [0.2, 0.25) is 0 Å². The van der Waals surface area contributed by atoms with Crippen molar-refractivity contribution in [2.75, 3.05) is 13.2 Å². The monoisotopic (exact) mass is 304 g/mol. The zero-order chi connectivity index (χ0) is 16.2. The third-order valence-electron chi connectivity index (χ3n) is 6.23. The van der Waals surface area contributed by atoms with Gasteiger partial charge in [-0.3, -0.25) is 0 Å². The molecule has 4 heteroatoms. The molecule has 1 saturated carbocycles. The third kappa shape index (κ3) is 2.35. The Kier molecular flexibility index (Phi) is 3.58. The molecule has 3 atom stereocenters. The van der Waals surface area contributed by atoms with Gasteiger partial charge in [-0.25, -0.2) is 0 Å². The second-order valence-corrected chi connectivity index (χ2v) is 8.72. The predicted molar refractivity (Wildman–Crippen MR) is 85.3 cm³/mol. The number of hydrogen-bond acceptors (Lipinski definition) is 4. The summed E-state index contributed by atoms with van der Waals surface area (Å²) < 4.78 is 5.35. The van der Waals surface area contributed by atoms with E-state index in [9.17, 15) is 10.4 Å². The van der Waals surface area contributed by atoms with E-state index in [-0.39, 0.29) is 16.4 Å². The first-order valence-corrected chi connectivity index (χ1v) is 8.38. The summed E-state index contributed by atoms with van der Waals surface area (Å²) in [5, 5.41) is 23.6. The quantitative estimate of drug-likeness (QED) is 0.821. The standard InChI is InChI=1S/C18H28N2O2/c1-16(2)14-6-5-13(20-18(4)10-22-11-18)8-17(14,3)7-12(9-19)15(16)21/h13-14,20-21H,5-8,10-11H2,1-4H3/t13?,14-,17+/m1/s1. The molecule has 1 heterocycles. The Bertz CT molecular complexity index is 542. The summed E-state index contributed by atoms with van der Waals surface area (Å²) in [4.78, 5) is 0. The lowest BCUT2D eigenvalue weighted by atomic mass is 9.51. The molecule has 0 spiro atoms. The summed E-state index contributed by atoms with van der Waals surface area (Å²) in [6, 6.07) is 2.72. The van der Waals surface area contributed by atoms with E-state index in [1.807, 2.05) is 0 Å². The molecule has 22 heavy (non-hydrogen) atoms. The highest BCUT2D eigenvalue weighted by molar-refractivity contribution is 5.33. The third-order valence-corrected chi connectivity index (χ3v) is 6.23. The number of fused-ring (bicyclic) bond motifs is 1. The first-order valence-electron chi connectivity index (χ1n) is 8.38. The number of hydrogen-bond donors (Lipinski definition) is 2. The second kappa shape index (κ2) is 4.97. The van der Waals surface area contributed by atoms with Crippen molar-refractivity contribution in [1.29, 1.82) is 5.26 Å². The van der Waals surface area contributed by atoms with Gasteiger partial charge in [0.05, 0.1) is 30.4 Å². The van der Waals surface area contributed by atoms with Gasteiger partial charge < -0.3 is 15.2 Å². The molecule has 0 aromatic rings. The Morgan fingerprint density at radius 1 is 1.23 bits per heavy atom. The van der Waals surface area contributed by atoms with Gasteiger partial charge in [-0.1, -0.05) is 20.8 Å². The van der Waals surface area contributed by atoms with Crippen LogP contribution < -0.4 is 5.32 Å². The van der Waals surface area contributed by atoms with Crippen molar-refractivity contribution in [3.8, 4) is 6.07 Å². The lowest BCUT2D eigenvalue weighted by molar-refractivity contribution is -0.0828. The number of aliphatic hydroxyl groups excluding tert-OH is 1. The van der Waals surface area contributed by atoms with Gasteiger partial charge in [-0.2, -0.15) is 5.26 Å². The normalized spacial score (nSPS) is 39.6. The van der Waals surface area contributed by atoms with Crippen molar-refractivity contribution in [3.63, 3.8) is 0 Å². The number of allylic oxidation sites excluding steroid dienone is 2. The van der Waals surface area contributed by atoms with Crippen LogP contribution in [0.25, 0.3) is 0 Å². The van der Waals surface area contributed by atoms with Crippen LogP contribution in [0, 0.1) is 28.1 Å². The van der Waals surface area contributed by atoms with Crippen molar-refractivity contribution in [2.24, 2.45) is 16.7 Å². The van der Waals surface area contributed by atoms with Gasteiger partial charge in [-0.05, 0) is 43.9 Å². The molecule has 2 fully saturated rings. The van der Waals surface area contributed by atoms with Gasteiger partial charge in [0.1, 0.15) is 5.76 Å². The minimum atomic E-state index is -0.299. The Hall–Kier alpha value is -1.05.